The van der Waals surface area contributed by atoms with Gasteiger partial charge in [-0.25, -0.2) is 4.79 Å². The number of carboxylic acids is 2. The monoisotopic (exact) mass is 354 g/mol. The molecule has 2 amide bonds. The Balaban J connectivity index is 2.60. The van der Waals surface area contributed by atoms with E-state index in [1.165, 1.54) is 21.1 Å². The molecule has 0 saturated carbocycles. The van der Waals surface area contributed by atoms with Gasteiger partial charge in [-0.05, 0) is 24.6 Å². The zero-order valence-electron chi connectivity index (χ0n) is 14.3. The highest BCUT2D eigenvalue weighted by molar-refractivity contribution is 5.82. The third-order valence-electron chi connectivity index (χ3n) is 3.60. The third-order valence-corrected chi connectivity index (χ3v) is 3.60. The first-order valence-electron chi connectivity index (χ1n) is 7.39. The standard InChI is InChI=1S/C16H22N2O7/c1-16(14(21)22,7-13(19)20)9-18-15(23)17-8-10-4-5-11(24-2)12(6-10)25-3/h4-6H,7-9H2,1-3H3,(H,19,20)(H,21,22)(H2,17,18,23). The van der Waals surface area contributed by atoms with Crippen molar-refractivity contribution in [2.75, 3.05) is 20.8 Å². The number of benzene rings is 1. The summed E-state index contributed by atoms with van der Waals surface area (Å²) in [6.45, 7) is 1.12. The quantitative estimate of drug-likeness (QED) is 0.521. The first-order chi connectivity index (χ1) is 11.7. The predicted molar refractivity (Wildman–Crippen MR) is 87.8 cm³/mol. The van der Waals surface area contributed by atoms with Gasteiger partial charge in [0.05, 0.1) is 26.1 Å². The van der Waals surface area contributed by atoms with E-state index in [4.69, 9.17) is 19.7 Å². The van der Waals surface area contributed by atoms with Crippen LogP contribution in [0, 0.1) is 5.41 Å². The molecule has 0 aliphatic carbocycles. The molecule has 0 fully saturated rings. The summed E-state index contributed by atoms with van der Waals surface area (Å²) in [5.41, 5.74) is -0.841. The second-order valence-electron chi connectivity index (χ2n) is 5.66. The fourth-order valence-electron chi connectivity index (χ4n) is 2.06. The van der Waals surface area contributed by atoms with Gasteiger partial charge in [0.15, 0.2) is 11.5 Å². The molecule has 0 spiro atoms. The van der Waals surface area contributed by atoms with Crippen LogP contribution >= 0.6 is 0 Å². The van der Waals surface area contributed by atoms with Crippen molar-refractivity contribution in [3.63, 3.8) is 0 Å². The van der Waals surface area contributed by atoms with Crippen molar-refractivity contribution in [1.29, 1.82) is 0 Å². The van der Waals surface area contributed by atoms with Crippen molar-refractivity contribution in [3.05, 3.63) is 23.8 Å². The third kappa shape index (κ3) is 5.87. The van der Waals surface area contributed by atoms with Crippen LogP contribution < -0.4 is 20.1 Å². The minimum atomic E-state index is -1.59. The lowest BCUT2D eigenvalue weighted by atomic mass is 9.87. The maximum Gasteiger partial charge on any atom is 0.315 e. The number of carbonyl (C=O) groups is 3. The van der Waals surface area contributed by atoms with Crippen LogP contribution in [0.1, 0.15) is 18.9 Å². The summed E-state index contributed by atoms with van der Waals surface area (Å²) >= 11 is 0. The summed E-state index contributed by atoms with van der Waals surface area (Å²) < 4.78 is 10.3. The Kier molecular flexibility index (Phi) is 7.04. The normalized spacial score (nSPS) is 12.6. The molecule has 1 aromatic carbocycles. The molecule has 0 aromatic heterocycles. The minimum Gasteiger partial charge on any atom is -0.493 e. The predicted octanol–water partition coefficient (Wildman–Crippen LogP) is 1.07. The molecule has 0 saturated heterocycles. The van der Waals surface area contributed by atoms with Crippen molar-refractivity contribution in [2.45, 2.75) is 19.9 Å². The van der Waals surface area contributed by atoms with Crippen LogP contribution in [0.25, 0.3) is 0 Å². The smallest absolute Gasteiger partial charge is 0.315 e. The van der Waals surface area contributed by atoms with Gasteiger partial charge in [0.25, 0.3) is 0 Å². The number of methoxy groups -OCH3 is 2. The molecule has 1 unspecified atom stereocenters. The van der Waals surface area contributed by atoms with Crippen molar-refractivity contribution >= 4 is 18.0 Å². The lowest BCUT2D eigenvalue weighted by Gasteiger charge is -2.23. The summed E-state index contributed by atoms with van der Waals surface area (Å²) in [7, 11) is 3.01. The SMILES string of the molecule is COc1ccc(CNC(=O)NCC(C)(CC(=O)O)C(=O)O)cc1OC. The van der Waals surface area contributed by atoms with Gasteiger partial charge in [0.1, 0.15) is 0 Å². The van der Waals surface area contributed by atoms with E-state index in [1.807, 2.05) is 0 Å². The molecule has 0 aliphatic heterocycles. The van der Waals surface area contributed by atoms with Crippen LogP contribution in [0.3, 0.4) is 0 Å². The first kappa shape index (κ1) is 20.1. The van der Waals surface area contributed by atoms with Gasteiger partial charge < -0.3 is 30.3 Å². The molecular formula is C16H22N2O7. The van der Waals surface area contributed by atoms with Crippen molar-refractivity contribution in [2.24, 2.45) is 5.41 Å². The Morgan fingerprint density at radius 2 is 1.72 bits per heavy atom. The van der Waals surface area contributed by atoms with E-state index in [2.05, 4.69) is 10.6 Å². The van der Waals surface area contributed by atoms with Crippen molar-refractivity contribution in [1.82, 2.24) is 10.6 Å². The van der Waals surface area contributed by atoms with Crippen LogP contribution in [0.15, 0.2) is 18.2 Å². The molecule has 0 heterocycles. The number of rotatable bonds is 9. The average molecular weight is 354 g/mol. The topological polar surface area (TPSA) is 134 Å². The molecule has 1 rings (SSSR count). The van der Waals surface area contributed by atoms with E-state index >= 15 is 0 Å². The molecule has 25 heavy (non-hydrogen) atoms. The number of aliphatic carboxylic acids is 2. The van der Waals surface area contributed by atoms with Crippen molar-refractivity contribution in [3.8, 4) is 11.5 Å². The number of carboxylic acid groups (broad SMARTS) is 2. The van der Waals surface area contributed by atoms with Gasteiger partial charge in [0, 0.05) is 13.1 Å². The summed E-state index contributed by atoms with van der Waals surface area (Å²) in [5.74, 6) is -1.48. The maximum atomic E-state index is 11.8. The number of hydrogen-bond acceptors (Lipinski definition) is 5. The number of amides is 2. The highest BCUT2D eigenvalue weighted by atomic mass is 16.5. The van der Waals surface area contributed by atoms with Gasteiger partial charge >= 0.3 is 18.0 Å². The zero-order chi connectivity index (χ0) is 19.0. The summed E-state index contributed by atoms with van der Waals surface area (Å²) in [6.07, 6.45) is -0.599. The number of nitrogens with one attached hydrogen (secondary N) is 2. The molecule has 138 valence electrons. The number of urea groups is 1. The van der Waals surface area contributed by atoms with Crippen molar-refractivity contribution < 1.29 is 34.1 Å². The van der Waals surface area contributed by atoms with E-state index in [9.17, 15) is 14.4 Å². The molecular weight excluding hydrogens is 332 g/mol. The summed E-state index contributed by atoms with van der Waals surface area (Å²) in [4.78, 5) is 33.8. The molecule has 9 nitrogen and oxygen atoms in total. The number of carbonyl (C=O) groups excluding carboxylic acids is 1. The van der Waals surface area contributed by atoms with Gasteiger partial charge in [-0.2, -0.15) is 0 Å². The molecule has 4 N–H and O–H groups in total. The molecule has 0 radical (unpaired) electrons. The average Bonchev–Trinajstić information content (AvgIpc) is 2.57. The lowest BCUT2D eigenvalue weighted by Crippen LogP contribution is -2.45. The van der Waals surface area contributed by atoms with E-state index in [0.717, 1.165) is 5.56 Å². The Hall–Kier alpha value is -2.97. The fourth-order valence-corrected chi connectivity index (χ4v) is 2.06. The van der Waals surface area contributed by atoms with Crippen LogP contribution in [0.4, 0.5) is 4.79 Å². The Bertz CT molecular complexity index is 647. The maximum absolute atomic E-state index is 11.8. The molecule has 9 heteroatoms. The first-order valence-corrected chi connectivity index (χ1v) is 7.39. The summed E-state index contributed by atoms with van der Waals surface area (Å²) in [5, 5.41) is 22.9. The van der Waals surface area contributed by atoms with Gasteiger partial charge in [-0.15, -0.1) is 0 Å². The van der Waals surface area contributed by atoms with Crippen LogP contribution in [0.2, 0.25) is 0 Å². The molecule has 0 aliphatic rings. The molecule has 1 aromatic rings. The highest BCUT2D eigenvalue weighted by Gasteiger charge is 2.36. The van der Waals surface area contributed by atoms with E-state index in [-0.39, 0.29) is 13.1 Å². The Labute approximate surface area is 144 Å². The Morgan fingerprint density at radius 3 is 2.24 bits per heavy atom. The van der Waals surface area contributed by atoms with Crippen LogP contribution in [0.5, 0.6) is 11.5 Å². The van der Waals surface area contributed by atoms with Gasteiger partial charge in [-0.3, -0.25) is 9.59 Å². The fraction of sp³-hybridized carbons (Fsp3) is 0.438. The highest BCUT2D eigenvalue weighted by Crippen LogP contribution is 2.27. The summed E-state index contributed by atoms with van der Waals surface area (Å²) in [6, 6.07) is 4.54. The largest absolute Gasteiger partial charge is 0.493 e. The molecule has 1 atom stereocenters. The van der Waals surface area contributed by atoms with E-state index < -0.39 is 29.8 Å². The number of ether oxygens (including phenoxy) is 2. The van der Waals surface area contributed by atoms with Crippen LogP contribution in [-0.4, -0.2) is 48.9 Å². The number of hydrogen-bond donors (Lipinski definition) is 4. The molecule has 0 bridgehead atoms. The second kappa shape index (κ2) is 8.76. The van der Waals surface area contributed by atoms with Crippen LogP contribution in [-0.2, 0) is 16.1 Å². The van der Waals surface area contributed by atoms with Gasteiger partial charge in [0.2, 0.25) is 0 Å². The lowest BCUT2D eigenvalue weighted by molar-refractivity contribution is -0.154. The van der Waals surface area contributed by atoms with E-state index in [1.54, 1.807) is 18.2 Å². The zero-order valence-corrected chi connectivity index (χ0v) is 14.3. The van der Waals surface area contributed by atoms with Gasteiger partial charge in [-0.1, -0.05) is 6.07 Å². The Morgan fingerprint density at radius 1 is 1.08 bits per heavy atom. The van der Waals surface area contributed by atoms with E-state index in [0.29, 0.717) is 11.5 Å². The minimum absolute atomic E-state index is 0.175. The second-order valence-corrected chi connectivity index (χ2v) is 5.66.